The number of carbonyl (C=O) groups excluding carboxylic acids is 1. The number of ether oxygens (including phenoxy) is 1. The number of amides is 1. The molecule has 9 nitrogen and oxygen atoms in total. The van der Waals surface area contributed by atoms with Gasteiger partial charge < -0.3 is 24.4 Å². The van der Waals surface area contributed by atoms with Crippen molar-refractivity contribution in [2.45, 2.75) is 32.4 Å². The molecule has 5 rings (SSSR count). The number of pyridine rings is 1. The number of likely N-dealkylation sites (N-methyl/N-ethyl adjacent to an activating group) is 1. The predicted octanol–water partition coefficient (Wildman–Crippen LogP) is 4.61. The highest BCUT2D eigenvalue weighted by Gasteiger charge is 2.42. The molecule has 2 aromatic heterocycles. The van der Waals surface area contributed by atoms with E-state index in [-0.39, 0.29) is 35.4 Å². The lowest BCUT2D eigenvalue weighted by Gasteiger charge is -2.22. The van der Waals surface area contributed by atoms with Gasteiger partial charge in [-0.2, -0.15) is 8.78 Å². The minimum atomic E-state index is -3.02. The minimum absolute atomic E-state index is 0.0663. The number of nitrogens with zero attached hydrogens (tertiary/aromatic N) is 5. The maximum Gasteiger partial charge on any atom is 0.310 e. The highest BCUT2D eigenvalue weighted by molar-refractivity contribution is 5.92. The monoisotopic (exact) mass is 548 g/mol. The first-order valence-corrected chi connectivity index (χ1v) is 12.8. The maximum absolute atomic E-state index is 14.3. The van der Waals surface area contributed by atoms with E-state index >= 15 is 0 Å². The molecule has 0 fully saturated rings. The Balaban J connectivity index is 1.48. The molecule has 0 radical (unpaired) electrons. The zero-order valence-electron chi connectivity index (χ0n) is 22.9. The SMILES string of the molecule is Cc1nc(N[C@H](C)c2cccc3c2OCC3(F)F)c2cc(N(C)c3ccc(=O)n(CC(=O)N(C)C)c3)ccc2n1. The molecule has 0 saturated carbocycles. The second-order valence-corrected chi connectivity index (χ2v) is 10.1. The van der Waals surface area contributed by atoms with Gasteiger partial charge in [0.15, 0.2) is 6.61 Å². The van der Waals surface area contributed by atoms with Gasteiger partial charge in [-0.25, -0.2) is 9.97 Å². The zero-order chi connectivity index (χ0) is 28.8. The molecule has 1 aliphatic rings. The van der Waals surface area contributed by atoms with E-state index in [9.17, 15) is 18.4 Å². The van der Waals surface area contributed by atoms with E-state index in [1.54, 1.807) is 45.4 Å². The fourth-order valence-electron chi connectivity index (χ4n) is 4.70. The van der Waals surface area contributed by atoms with Gasteiger partial charge in [0, 0.05) is 50.0 Å². The number of para-hydroxylation sites is 1. The molecule has 0 saturated heterocycles. The second kappa shape index (κ2) is 10.2. The highest BCUT2D eigenvalue weighted by atomic mass is 19.3. The number of hydrogen-bond acceptors (Lipinski definition) is 7. The van der Waals surface area contributed by atoms with Gasteiger partial charge in [0.2, 0.25) is 5.91 Å². The molecule has 1 N–H and O–H groups in total. The molecule has 1 amide bonds. The first kappa shape index (κ1) is 27.0. The third-order valence-electron chi connectivity index (χ3n) is 7.00. The lowest BCUT2D eigenvalue weighted by atomic mass is 10.0. The molecule has 208 valence electrons. The van der Waals surface area contributed by atoms with Gasteiger partial charge in [-0.3, -0.25) is 9.59 Å². The Labute approximate surface area is 230 Å². The van der Waals surface area contributed by atoms with Crippen LogP contribution in [0.2, 0.25) is 0 Å². The van der Waals surface area contributed by atoms with E-state index in [4.69, 9.17) is 4.74 Å². The molecular formula is C29H30F2N6O3. The Morgan fingerprint density at radius 2 is 1.88 bits per heavy atom. The summed E-state index contributed by atoms with van der Waals surface area (Å²) in [6, 6.07) is 13.2. The van der Waals surface area contributed by atoms with Crippen molar-refractivity contribution < 1.29 is 18.3 Å². The third-order valence-corrected chi connectivity index (χ3v) is 7.00. The van der Waals surface area contributed by atoms with Crippen LogP contribution in [0.25, 0.3) is 10.9 Å². The fraction of sp³-hybridized carbons (Fsp3) is 0.310. The van der Waals surface area contributed by atoms with Gasteiger partial charge in [-0.15, -0.1) is 0 Å². The number of aryl methyl sites for hydroxylation is 1. The third kappa shape index (κ3) is 5.06. The van der Waals surface area contributed by atoms with E-state index in [2.05, 4.69) is 15.3 Å². The second-order valence-electron chi connectivity index (χ2n) is 10.1. The lowest BCUT2D eigenvalue weighted by molar-refractivity contribution is -0.129. The van der Waals surface area contributed by atoms with Gasteiger partial charge in [0.25, 0.3) is 5.56 Å². The number of nitrogens with one attached hydrogen (secondary N) is 1. The summed E-state index contributed by atoms with van der Waals surface area (Å²) in [6.07, 6.45) is 1.65. The van der Waals surface area contributed by atoms with Crippen molar-refractivity contribution in [3.8, 4) is 5.75 Å². The summed E-state index contributed by atoms with van der Waals surface area (Å²) in [5.41, 5.74) is 2.44. The zero-order valence-corrected chi connectivity index (χ0v) is 22.9. The van der Waals surface area contributed by atoms with Crippen LogP contribution >= 0.6 is 0 Å². The summed E-state index contributed by atoms with van der Waals surface area (Å²) in [7, 11) is 5.14. The number of carbonyl (C=O) groups is 1. The van der Waals surface area contributed by atoms with Crippen molar-refractivity contribution in [1.29, 1.82) is 0 Å². The molecular weight excluding hydrogens is 518 g/mol. The first-order chi connectivity index (χ1) is 18.9. The van der Waals surface area contributed by atoms with Gasteiger partial charge in [0.1, 0.15) is 23.9 Å². The number of hydrogen-bond donors (Lipinski definition) is 1. The summed E-state index contributed by atoms with van der Waals surface area (Å²) >= 11 is 0. The van der Waals surface area contributed by atoms with E-state index in [1.165, 1.54) is 21.6 Å². The number of anilines is 3. The normalized spacial score (nSPS) is 14.4. The van der Waals surface area contributed by atoms with Crippen LogP contribution in [0.3, 0.4) is 0 Å². The van der Waals surface area contributed by atoms with Crippen LogP contribution in [0.5, 0.6) is 5.75 Å². The summed E-state index contributed by atoms with van der Waals surface area (Å²) in [4.78, 5) is 37.1. The number of aromatic nitrogens is 3. The van der Waals surface area contributed by atoms with Crippen LogP contribution in [0.4, 0.5) is 26.0 Å². The van der Waals surface area contributed by atoms with Crippen molar-refractivity contribution >= 4 is 34.0 Å². The average molecular weight is 549 g/mol. The number of rotatable bonds is 7. The van der Waals surface area contributed by atoms with Crippen molar-refractivity contribution in [3.63, 3.8) is 0 Å². The number of alkyl halides is 2. The molecule has 4 aromatic rings. The Kier molecular flexibility index (Phi) is 6.91. The number of benzene rings is 2. The Bertz CT molecular complexity index is 1670. The number of halogens is 2. The van der Waals surface area contributed by atoms with Crippen molar-refractivity contribution in [1.82, 2.24) is 19.4 Å². The summed E-state index contributed by atoms with van der Waals surface area (Å²) in [5.74, 6) is -1.91. The van der Waals surface area contributed by atoms with Gasteiger partial charge >= 0.3 is 5.92 Å². The van der Waals surface area contributed by atoms with Crippen molar-refractivity contribution in [3.05, 3.63) is 82.0 Å². The molecule has 2 aromatic carbocycles. The van der Waals surface area contributed by atoms with Gasteiger partial charge in [-0.1, -0.05) is 12.1 Å². The molecule has 1 atom stereocenters. The molecule has 3 heterocycles. The maximum atomic E-state index is 14.3. The van der Waals surface area contributed by atoms with E-state index in [1.807, 2.05) is 37.1 Å². The Morgan fingerprint density at radius 3 is 2.62 bits per heavy atom. The van der Waals surface area contributed by atoms with E-state index in [0.29, 0.717) is 28.4 Å². The molecule has 0 bridgehead atoms. The van der Waals surface area contributed by atoms with Crippen LogP contribution < -0.4 is 20.5 Å². The van der Waals surface area contributed by atoms with Gasteiger partial charge in [-0.05, 0) is 44.2 Å². The summed E-state index contributed by atoms with van der Waals surface area (Å²) < 4.78 is 35.3. The molecule has 11 heteroatoms. The largest absolute Gasteiger partial charge is 0.486 e. The van der Waals surface area contributed by atoms with Crippen LogP contribution in [0.15, 0.2) is 59.5 Å². The quantitative estimate of drug-likeness (QED) is 0.361. The molecule has 40 heavy (non-hydrogen) atoms. The number of fused-ring (bicyclic) bond motifs is 2. The Hall–Kier alpha value is -4.54. The fourth-order valence-corrected chi connectivity index (χ4v) is 4.70. The van der Waals surface area contributed by atoms with E-state index < -0.39 is 12.5 Å². The van der Waals surface area contributed by atoms with Crippen molar-refractivity contribution in [2.24, 2.45) is 0 Å². The first-order valence-electron chi connectivity index (χ1n) is 12.8. The average Bonchev–Trinajstić information content (AvgIpc) is 3.23. The molecule has 0 spiro atoms. The van der Waals surface area contributed by atoms with E-state index in [0.717, 1.165) is 11.1 Å². The minimum Gasteiger partial charge on any atom is -0.486 e. The predicted molar refractivity (Wildman–Crippen MR) is 150 cm³/mol. The van der Waals surface area contributed by atoms with Crippen LogP contribution in [0, 0.1) is 6.92 Å². The standard InChI is InChI=1S/C29H30F2N6O3/c1-17(21-7-6-8-23-27(21)40-16-29(23,30)31)32-28-22-13-19(9-11-24(22)33-18(2)34-28)36(5)20-10-12-25(38)37(14-20)15-26(39)35(3)4/h6-14,17H,15-16H2,1-5H3,(H,32,33,34)/t17-/m1/s1. The van der Waals surface area contributed by atoms with Gasteiger partial charge in [0.05, 0.1) is 22.8 Å². The lowest BCUT2D eigenvalue weighted by Crippen LogP contribution is -2.31. The summed E-state index contributed by atoms with van der Waals surface area (Å²) in [6.45, 7) is 2.92. The van der Waals surface area contributed by atoms with Crippen LogP contribution in [0.1, 0.15) is 29.9 Å². The van der Waals surface area contributed by atoms with Crippen LogP contribution in [-0.2, 0) is 17.3 Å². The van der Waals surface area contributed by atoms with Crippen LogP contribution in [-0.4, -0.2) is 53.1 Å². The molecule has 0 unspecified atom stereocenters. The molecule has 0 aliphatic carbocycles. The van der Waals surface area contributed by atoms with Crippen molar-refractivity contribution in [2.75, 3.05) is 38.0 Å². The molecule has 1 aliphatic heterocycles. The topological polar surface area (TPSA) is 92.6 Å². The highest BCUT2D eigenvalue weighted by Crippen LogP contribution is 2.45. The Morgan fingerprint density at radius 1 is 1.12 bits per heavy atom. The smallest absolute Gasteiger partial charge is 0.310 e. The summed E-state index contributed by atoms with van der Waals surface area (Å²) in [5, 5.41) is 4.10.